The zero-order valence-corrected chi connectivity index (χ0v) is 10.8. The molecular formula is C12H18N6O. The van der Waals surface area contributed by atoms with Crippen LogP contribution >= 0.6 is 0 Å². The van der Waals surface area contributed by atoms with Crippen LogP contribution in [-0.2, 0) is 4.74 Å². The molecule has 102 valence electrons. The Kier molecular flexibility index (Phi) is 3.45. The maximum atomic E-state index is 5.51. The summed E-state index contributed by atoms with van der Waals surface area (Å²) in [7, 11) is 0. The molecule has 0 aliphatic carbocycles. The number of ether oxygens (including phenoxy) is 1. The Morgan fingerprint density at radius 3 is 2.58 bits per heavy atom. The fraction of sp³-hybridized carbons (Fsp3) is 0.583. The first-order valence-corrected chi connectivity index (χ1v) is 6.51. The number of rotatable bonds is 3. The van der Waals surface area contributed by atoms with E-state index in [9.17, 15) is 0 Å². The number of amidine groups is 1. The summed E-state index contributed by atoms with van der Waals surface area (Å²) in [6.45, 7) is 5.37. The topological polar surface area (TPSA) is 79.9 Å². The maximum absolute atomic E-state index is 5.51. The van der Waals surface area contributed by atoms with Crippen LogP contribution in [0.5, 0.6) is 0 Å². The number of anilines is 1. The van der Waals surface area contributed by atoms with Crippen LogP contribution in [0.3, 0.4) is 0 Å². The number of nitrogens with two attached hydrogens (primary N) is 1. The highest BCUT2D eigenvalue weighted by Crippen LogP contribution is 2.11. The molecule has 0 aromatic carbocycles. The largest absolute Gasteiger partial charge is 0.463 e. The van der Waals surface area contributed by atoms with E-state index in [1.54, 1.807) is 12.4 Å². The molecule has 2 aliphatic heterocycles. The van der Waals surface area contributed by atoms with Crippen LogP contribution in [-0.4, -0.2) is 66.3 Å². The lowest BCUT2D eigenvalue weighted by atomic mass is 10.2. The van der Waals surface area contributed by atoms with Crippen molar-refractivity contribution in [2.45, 2.75) is 6.04 Å². The van der Waals surface area contributed by atoms with Crippen LogP contribution in [0.25, 0.3) is 0 Å². The van der Waals surface area contributed by atoms with Crippen LogP contribution in [0, 0.1) is 0 Å². The van der Waals surface area contributed by atoms with Crippen LogP contribution in [0.4, 0.5) is 5.95 Å². The van der Waals surface area contributed by atoms with E-state index < -0.39 is 0 Å². The van der Waals surface area contributed by atoms with Gasteiger partial charge in [-0.1, -0.05) is 0 Å². The second kappa shape index (κ2) is 5.40. The lowest BCUT2D eigenvalue weighted by Crippen LogP contribution is -2.49. The van der Waals surface area contributed by atoms with E-state index in [-0.39, 0.29) is 6.04 Å². The summed E-state index contributed by atoms with van der Waals surface area (Å²) in [6.07, 6.45) is 3.56. The Hall–Kier alpha value is -1.89. The van der Waals surface area contributed by atoms with Crippen LogP contribution < -0.4 is 10.6 Å². The zero-order valence-electron chi connectivity index (χ0n) is 10.8. The van der Waals surface area contributed by atoms with Crippen molar-refractivity contribution in [1.29, 1.82) is 0 Å². The first-order valence-electron chi connectivity index (χ1n) is 6.51. The van der Waals surface area contributed by atoms with Crippen molar-refractivity contribution >= 4 is 12.0 Å². The Bertz CT molecular complexity index is 443. The Morgan fingerprint density at radius 1 is 1.21 bits per heavy atom. The first-order chi connectivity index (χ1) is 9.31. The number of aromatic nitrogens is 2. The molecule has 1 aromatic heterocycles. The molecule has 19 heavy (non-hydrogen) atoms. The minimum atomic E-state index is 0.180. The Morgan fingerprint density at radius 2 is 1.95 bits per heavy atom. The van der Waals surface area contributed by atoms with E-state index in [0.717, 1.165) is 38.7 Å². The quantitative estimate of drug-likeness (QED) is 0.777. The van der Waals surface area contributed by atoms with E-state index in [1.807, 2.05) is 6.07 Å². The maximum Gasteiger partial charge on any atom is 0.282 e. The second-order valence-corrected chi connectivity index (χ2v) is 4.77. The summed E-state index contributed by atoms with van der Waals surface area (Å²) in [5.41, 5.74) is 5.51. The van der Waals surface area contributed by atoms with Gasteiger partial charge in [-0.3, -0.25) is 4.90 Å². The molecule has 7 nitrogen and oxygen atoms in total. The molecule has 3 heterocycles. The van der Waals surface area contributed by atoms with Crippen LogP contribution in [0.15, 0.2) is 23.5 Å². The third kappa shape index (κ3) is 2.93. The van der Waals surface area contributed by atoms with Gasteiger partial charge in [-0.15, -0.1) is 0 Å². The predicted molar refractivity (Wildman–Crippen MR) is 72.0 cm³/mol. The molecule has 3 rings (SSSR count). The highest BCUT2D eigenvalue weighted by Gasteiger charge is 2.24. The average Bonchev–Trinajstić information content (AvgIpc) is 2.86. The summed E-state index contributed by atoms with van der Waals surface area (Å²) in [4.78, 5) is 17.4. The SMILES string of the molecule is NC1=NC(CN2CCN(c3ncccn3)CC2)CO1. The lowest BCUT2D eigenvalue weighted by molar-refractivity contribution is 0.218. The molecule has 0 amide bonds. The van der Waals surface area contributed by atoms with Gasteiger partial charge in [0, 0.05) is 45.1 Å². The van der Waals surface area contributed by atoms with E-state index >= 15 is 0 Å². The lowest BCUT2D eigenvalue weighted by Gasteiger charge is -2.35. The monoisotopic (exact) mass is 262 g/mol. The van der Waals surface area contributed by atoms with Crippen molar-refractivity contribution in [2.75, 3.05) is 44.2 Å². The first kappa shape index (κ1) is 12.2. The number of piperazine rings is 1. The highest BCUT2D eigenvalue weighted by atomic mass is 16.5. The number of hydrogen-bond acceptors (Lipinski definition) is 7. The van der Waals surface area contributed by atoms with Gasteiger partial charge < -0.3 is 15.4 Å². The standard InChI is InChI=1S/C12H18N6O/c13-11-16-10(9-19-11)8-17-4-6-18(7-5-17)12-14-2-1-3-15-12/h1-3,10H,4-9H2,(H2,13,16). The van der Waals surface area contributed by atoms with Crippen LogP contribution in [0.1, 0.15) is 0 Å². The van der Waals surface area contributed by atoms with E-state index in [4.69, 9.17) is 10.5 Å². The summed E-state index contributed by atoms with van der Waals surface area (Å²) in [5.74, 6) is 0.814. The molecule has 1 fully saturated rings. The molecule has 2 N–H and O–H groups in total. The number of hydrogen-bond donors (Lipinski definition) is 1. The molecule has 2 aliphatic rings. The molecule has 0 saturated carbocycles. The molecule has 0 radical (unpaired) electrons. The van der Waals surface area contributed by atoms with E-state index in [1.165, 1.54) is 0 Å². The second-order valence-electron chi connectivity index (χ2n) is 4.77. The molecule has 1 unspecified atom stereocenters. The van der Waals surface area contributed by atoms with Crippen LogP contribution in [0.2, 0.25) is 0 Å². The Balaban J connectivity index is 1.50. The van der Waals surface area contributed by atoms with E-state index in [2.05, 4.69) is 24.8 Å². The van der Waals surface area contributed by atoms with Gasteiger partial charge in [0.25, 0.3) is 6.02 Å². The van der Waals surface area contributed by atoms with Crippen molar-refractivity contribution in [3.8, 4) is 0 Å². The number of nitrogens with zero attached hydrogens (tertiary/aromatic N) is 5. The molecule has 0 spiro atoms. The molecule has 0 bridgehead atoms. The van der Waals surface area contributed by atoms with Crippen molar-refractivity contribution < 1.29 is 4.74 Å². The summed E-state index contributed by atoms with van der Waals surface area (Å²) >= 11 is 0. The van der Waals surface area contributed by atoms with E-state index in [0.29, 0.717) is 12.6 Å². The minimum absolute atomic E-state index is 0.180. The normalized spacial score (nSPS) is 24.1. The van der Waals surface area contributed by atoms with Gasteiger partial charge in [-0.25, -0.2) is 15.0 Å². The molecule has 1 aromatic rings. The summed E-state index contributed by atoms with van der Waals surface area (Å²) in [5, 5.41) is 0. The fourth-order valence-electron chi connectivity index (χ4n) is 2.41. The van der Waals surface area contributed by atoms with Crippen molar-refractivity contribution in [3.05, 3.63) is 18.5 Å². The Labute approximate surface area is 112 Å². The summed E-state index contributed by atoms with van der Waals surface area (Å²) < 4.78 is 5.17. The number of aliphatic imine (C=N–C) groups is 1. The highest BCUT2D eigenvalue weighted by molar-refractivity contribution is 5.73. The van der Waals surface area contributed by atoms with Gasteiger partial charge in [-0.2, -0.15) is 0 Å². The van der Waals surface area contributed by atoms with Crippen molar-refractivity contribution in [2.24, 2.45) is 10.7 Å². The van der Waals surface area contributed by atoms with Gasteiger partial charge in [0.05, 0.1) is 0 Å². The minimum Gasteiger partial charge on any atom is -0.463 e. The molecule has 1 saturated heterocycles. The van der Waals surface area contributed by atoms with Crippen molar-refractivity contribution in [3.63, 3.8) is 0 Å². The van der Waals surface area contributed by atoms with Crippen molar-refractivity contribution in [1.82, 2.24) is 14.9 Å². The van der Waals surface area contributed by atoms with Gasteiger partial charge >= 0.3 is 0 Å². The average molecular weight is 262 g/mol. The summed E-state index contributed by atoms with van der Waals surface area (Å²) in [6, 6.07) is 2.34. The van der Waals surface area contributed by atoms with Gasteiger partial charge in [-0.05, 0) is 6.07 Å². The third-order valence-electron chi connectivity index (χ3n) is 3.41. The van der Waals surface area contributed by atoms with Gasteiger partial charge in [0.2, 0.25) is 5.95 Å². The molecular weight excluding hydrogens is 244 g/mol. The molecule has 1 atom stereocenters. The molecule has 7 heteroatoms. The van der Waals surface area contributed by atoms with Gasteiger partial charge in [0.1, 0.15) is 12.6 Å². The fourth-order valence-corrected chi connectivity index (χ4v) is 2.41. The zero-order chi connectivity index (χ0) is 13.1. The predicted octanol–water partition coefficient (Wildman–Crippen LogP) is -0.688. The van der Waals surface area contributed by atoms with Gasteiger partial charge in [0.15, 0.2) is 0 Å². The third-order valence-corrected chi connectivity index (χ3v) is 3.41. The smallest absolute Gasteiger partial charge is 0.282 e.